The van der Waals surface area contributed by atoms with Crippen LogP contribution < -0.4 is 0 Å². The predicted molar refractivity (Wildman–Crippen MR) is 47.4 cm³/mol. The number of likely N-dealkylation sites (tertiary alicyclic amines) is 1. The lowest BCUT2D eigenvalue weighted by molar-refractivity contribution is -0.139. The Kier molecular flexibility index (Phi) is 3.22. The van der Waals surface area contributed by atoms with Gasteiger partial charge in [0.05, 0.1) is 0 Å². The van der Waals surface area contributed by atoms with Crippen molar-refractivity contribution in [2.75, 3.05) is 6.54 Å². The van der Waals surface area contributed by atoms with Gasteiger partial charge in [0.15, 0.2) is 0 Å². The highest BCUT2D eigenvalue weighted by atomic mass is 16.4. The Labute approximate surface area is 81.7 Å². The van der Waals surface area contributed by atoms with Crippen molar-refractivity contribution in [2.45, 2.75) is 26.2 Å². The van der Waals surface area contributed by atoms with Crippen molar-refractivity contribution in [3.63, 3.8) is 0 Å². The Morgan fingerprint density at radius 2 is 2.21 bits per heavy atom. The molecule has 1 heterocycles. The van der Waals surface area contributed by atoms with E-state index in [2.05, 4.69) is 0 Å². The molecule has 1 N–H and O–H groups in total. The second kappa shape index (κ2) is 4.21. The van der Waals surface area contributed by atoms with Crippen molar-refractivity contribution in [2.24, 2.45) is 5.92 Å². The summed E-state index contributed by atoms with van der Waals surface area (Å²) < 4.78 is 0. The third-order valence-electron chi connectivity index (χ3n) is 2.36. The maximum atomic E-state index is 11.5. The number of carboxylic acids is 1. The first-order valence-electron chi connectivity index (χ1n) is 4.62. The van der Waals surface area contributed by atoms with E-state index in [0.717, 1.165) is 0 Å². The van der Waals surface area contributed by atoms with Crippen LogP contribution in [0.25, 0.3) is 0 Å². The van der Waals surface area contributed by atoms with Gasteiger partial charge in [-0.05, 0) is 13.3 Å². The molecule has 0 aromatic carbocycles. The molecule has 1 aliphatic heterocycles. The fourth-order valence-corrected chi connectivity index (χ4v) is 1.61. The molecule has 0 spiro atoms. The average molecular weight is 199 g/mol. The zero-order valence-corrected chi connectivity index (χ0v) is 8.02. The Morgan fingerprint density at radius 3 is 2.64 bits per heavy atom. The van der Waals surface area contributed by atoms with Gasteiger partial charge in [0.1, 0.15) is 0 Å². The molecule has 5 nitrogen and oxygen atoms in total. The highest BCUT2D eigenvalue weighted by Crippen LogP contribution is 2.23. The number of carbonyl (C=O) groups excluding carboxylic acids is 2. The Bertz CT molecular complexity index is 274. The van der Waals surface area contributed by atoms with Crippen molar-refractivity contribution < 1.29 is 19.5 Å². The highest BCUT2D eigenvalue weighted by Gasteiger charge is 2.37. The Hall–Kier alpha value is -1.39. The molecule has 0 bridgehead atoms. The number of carboxylic acid groups (broad SMARTS) is 1. The minimum absolute atomic E-state index is 0.0543. The summed E-state index contributed by atoms with van der Waals surface area (Å²) in [5, 5.41) is 8.44. The third kappa shape index (κ3) is 2.10. The molecular weight excluding hydrogens is 186 g/mol. The first kappa shape index (κ1) is 10.7. The van der Waals surface area contributed by atoms with Gasteiger partial charge in [0.25, 0.3) is 0 Å². The lowest BCUT2D eigenvalue weighted by Crippen LogP contribution is -2.30. The summed E-state index contributed by atoms with van der Waals surface area (Å²) in [6.45, 7) is 2.11. The normalized spacial score (nSPS) is 21.8. The highest BCUT2D eigenvalue weighted by molar-refractivity contribution is 6.03. The van der Waals surface area contributed by atoms with E-state index < -0.39 is 11.9 Å². The second-order valence-corrected chi connectivity index (χ2v) is 3.31. The Morgan fingerprint density at radius 1 is 1.57 bits per heavy atom. The molecule has 14 heavy (non-hydrogen) atoms. The van der Waals surface area contributed by atoms with Gasteiger partial charge in [0, 0.05) is 25.3 Å². The van der Waals surface area contributed by atoms with E-state index in [1.54, 1.807) is 6.92 Å². The van der Waals surface area contributed by atoms with Crippen molar-refractivity contribution >= 4 is 17.8 Å². The smallest absolute Gasteiger partial charge is 0.303 e. The molecule has 1 rings (SSSR count). The van der Waals surface area contributed by atoms with Gasteiger partial charge in [-0.1, -0.05) is 0 Å². The molecule has 1 unspecified atom stereocenters. The molecule has 1 aliphatic rings. The molecule has 0 aromatic rings. The van der Waals surface area contributed by atoms with E-state index in [-0.39, 0.29) is 31.1 Å². The minimum atomic E-state index is -0.930. The van der Waals surface area contributed by atoms with Crippen molar-refractivity contribution in [1.29, 1.82) is 0 Å². The van der Waals surface area contributed by atoms with E-state index in [1.807, 2.05) is 0 Å². The number of aliphatic carboxylic acids is 1. The van der Waals surface area contributed by atoms with Gasteiger partial charge in [-0.15, -0.1) is 0 Å². The lowest BCUT2D eigenvalue weighted by atomic mass is 10.0. The van der Waals surface area contributed by atoms with Gasteiger partial charge in [-0.25, -0.2) is 0 Å². The van der Waals surface area contributed by atoms with Crippen LogP contribution in [0.4, 0.5) is 0 Å². The van der Waals surface area contributed by atoms with Gasteiger partial charge in [-0.2, -0.15) is 0 Å². The van der Waals surface area contributed by atoms with Crippen LogP contribution in [0.3, 0.4) is 0 Å². The third-order valence-corrected chi connectivity index (χ3v) is 2.36. The average Bonchev–Trinajstić information content (AvgIpc) is 2.38. The zero-order valence-electron chi connectivity index (χ0n) is 8.02. The van der Waals surface area contributed by atoms with Crippen molar-refractivity contribution in [3.8, 4) is 0 Å². The number of amides is 2. The topological polar surface area (TPSA) is 74.7 Å². The van der Waals surface area contributed by atoms with Crippen LogP contribution in [-0.4, -0.2) is 34.3 Å². The molecule has 0 aliphatic carbocycles. The molecule has 2 amide bonds. The maximum absolute atomic E-state index is 11.5. The summed E-state index contributed by atoms with van der Waals surface area (Å²) in [5.41, 5.74) is 0. The van der Waals surface area contributed by atoms with Gasteiger partial charge in [0.2, 0.25) is 11.8 Å². The molecular formula is C9H13NO4. The van der Waals surface area contributed by atoms with E-state index in [0.29, 0.717) is 6.54 Å². The summed E-state index contributed by atoms with van der Waals surface area (Å²) >= 11 is 0. The lowest BCUT2D eigenvalue weighted by Gasteiger charge is -2.10. The molecule has 0 saturated carbocycles. The van der Waals surface area contributed by atoms with Crippen LogP contribution >= 0.6 is 0 Å². The maximum Gasteiger partial charge on any atom is 0.303 e. The molecule has 0 aromatic heterocycles. The van der Waals surface area contributed by atoms with Crippen molar-refractivity contribution in [1.82, 2.24) is 4.90 Å². The summed E-state index contributed by atoms with van der Waals surface area (Å²) in [7, 11) is 0. The van der Waals surface area contributed by atoms with Gasteiger partial charge < -0.3 is 5.11 Å². The molecule has 78 valence electrons. The zero-order chi connectivity index (χ0) is 10.7. The van der Waals surface area contributed by atoms with Crippen LogP contribution in [0.2, 0.25) is 0 Å². The number of carbonyl (C=O) groups is 3. The fraction of sp³-hybridized carbons (Fsp3) is 0.667. The number of hydrogen-bond donors (Lipinski definition) is 1. The summed E-state index contributed by atoms with van der Waals surface area (Å²) in [6, 6.07) is 0. The Balaban J connectivity index is 2.53. The number of rotatable bonds is 4. The first-order valence-corrected chi connectivity index (χ1v) is 4.62. The van der Waals surface area contributed by atoms with E-state index >= 15 is 0 Å². The predicted octanol–water partition coefficient (Wildman–Crippen LogP) is 0.246. The van der Waals surface area contributed by atoms with Crippen LogP contribution in [-0.2, 0) is 14.4 Å². The molecule has 5 heteroatoms. The monoisotopic (exact) mass is 199 g/mol. The second-order valence-electron chi connectivity index (χ2n) is 3.31. The summed E-state index contributed by atoms with van der Waals surface area (Å²) in [5.74, 6) is -1.76. The van der Waals surface area contributed by atoms with Crippen LogP contribution in [0.5, 0.6) is 0 Å². The summed E-state index contributed by atoms with van der Waals surface area (Å²) in [4.78, 5) is 34.2. The van der Waals surface area contributed by atoms with Gasteiger partial charge >= 0.3 is 5.97 Å². The van der Waals surface area contributed by atoms with Crippen LogP contribution in [0.1, 0.15) is 26.2 Å². The molecule has 0 radical (unpaired) electrons. The van der Waals surface area contributed by atoms with E-state index in [1.165, 1.54) is 4.90 Å². The standard InChI is InChI=1S/C9H13NO4/c1-2-10-7(11)5-6(9(10)14)3-4-8(12)13/h6H,2-5H2,1H3,(H,12,13). The molecule has 1 fully saturated rings. The van der Waals surface area contributed by atoms with E-state index in [4.69, 9.17) is 5.11 Å². The summed E-state index contributed by atoms with van der Waals surface area (Å²) in [6.07, 6.45) is 0.373. The quantitative estimate of drug-likeness (QED) is 0.658. The van der Waals surface area contributed by atoms with E-state index in [9.17, 15) is 14.4 Å². The minimum Gasteiger partial charge on any atom is -0.481 e. The molecule has 1 atom stereocenters. The SMILES string of the molecule is CCN1C(=O)CC(CCC(=O)O)C1=O. The van der Waals surface area contributed by atoms with Crippen LogP contribution in [0.15, 0.2) is 0 Å². The number of nitrogens with zero attached hydrogens (tertiary/aromatic N) is 1. The number of imide groups is 1. The van der Waals surface area contributed by atoms with Crippen LogP contribution in [0, 0.1) is 5.92 Å². The fourth-order valence-electron chi connectivity index (χ4n) is 1.61. The molecule has 1 saturated heterocycles. The van der Waals surface area contributed by atoms with Gasteiger partial charge in [-0.3, -0.25) is 19.3 Å². The largest absolute Gasteiger partial charge is 0.481 e. The number of hydrogen-bond acceptors (Lipinski definition) is 3. The van der Waals surface area contributed by atoms with Crippen molar-refractivity contribution in [3.05, 3.63) is 0 Å². The first-order chi connectivity index (χ1) is 6.56.